The normalized spacial score (nSPS) is 18.2. The first-order valence-corrected chi connectivity index (χ1v) is 9.60. The van der Waals surface area contributed by atoms with Crippen LogP contribution in [0.15, 0.2) is 42.7 Å². The second-order valence-corrected chi connectivity index (χ2v) is 7.32. The Morgan fingerprint density at radius 2 is 2.00 bits per heavy atom. The Bertz CT molecular complexity index is 1020. The third kappa shape index (κ3) is 2.57. The van der Waals surface area contributed by atoms with Crippen molar-refractivity contribution in [1.29, 1.82) is 0 Å². The van der Waals surface area contributed by atoms with E-state index in [1.807, 2.05) is 29.2 Å². The summed E-state index contributed by atoms with van der Waals surface area (Å²) >= 11 is 0. The Morgan fingerprint density at radius 3 is 2.82 bits per heavy atom. The van der Waals surface area contributed by atoms with Gasteiger partial charge in [-0.3, -0.25) is 4.79 Å². The molecule has 0 aliphatic carbocycles. The predicted molar refractivity (Wildman–Crippen MR) is 102 cm³/mol. The summed E-state index contributed by atoms with van der Waals surface area (Å²) < 4.78 is 13.6. The van der Waals surface area contributed by atoms with E-state index in [1.54, 1.807) is 17.7 Å². The quantitative estimate of drug-likeness (QED) is 0.685. The van der Waals surface area contributed by atoms with Crippen molar-refractivity contribution in [3.63, 3.8) is 0 Å². The van der Waals surface area contributed by atoms with Gasteiger partial charge in [0, 0.05) is 18.7 Å². The van der Waals surface area contributed by atoms with Crippen molar-refractivity contribution in [2.24, 2.45) is 0 Å². The number of nitrogens with zero attached hydrogens (tertiary/aromatic N) is 4. The molecule has 28 heavy (non-hydrogen) atoms. The molecular weight excluding hydrogens is 356 g/mol. The number of pyridine rings is 1. The standard InChI is InChI=1S/C21H22N4O3/c1-27-17-6-2-4-15-8-13-28-21(19(15)17)9-11-24(12-10-21)20(26)16-5-3-7-18-22-14-23-25(16)18/h2-7,14H,8-13H2,1H3. The van der Waals surface area contributed by atoms with Crippen molar-refractivity contribution in [3.05, 3.63) is 59.5 Å². The lowest BCUT2D eigenvalue weighted by Crippen LogP contribution is -2.48. The van der Waals surface area contributed by atoms with Crippen molar-refractivity contribution in [1.82, 2.24) is 19.5 Å². The van der Waals surface area contributed by atoms with Gasteiger partial charge in [-0.25, -0.2) is 9.50 Å². The van der Waals surface area contributed by atoms with E-state index in [2.05, 4.69) is 16.1 Å². The molecule has 5 rings (SSSR count). The zero-order valence-electron chi connectivity index (χ0n) is 15.8. The number of hydrogen-bond donors (Lipinski definition) is 0. The van der Waals surface area contributed by atoms with Gasteiger partial charge in [0.05, 0.1) is 13.7 Å². The summed E-state index contributed by atoms with van der Waals surface area (Å²) in [6.45, 7) is 1.95. The number of likely N-dealkylation sites (tertiary alicyclic amines) is 1. The molecule has 1 fully saturated rings. The molecule has 1 spiro atoms. The number of methoxy groups -OCH3 is 1. The van der Waals surface area contributed by atoms with Crippen LogP contribution >= 0.6 is 0 Å². The Balaban J connectivity index is 1.42. The van der Waals surface area contributed by atoms with Gasteiger partial charge >= 0.3 is 0 Å². The van der Waals surface area contributed by atoms with Crippen LogP contribution in [0.1, 0.15) is 34.5 Å². The van der Waals surface area contributed by atoms with Gasteiger partial charge in [0.2, 0.25) is 0 Å². The van der Waals surface area contributed by atoms with Crippen molar-refractivity contribution in [2.75, 3.05) is 26.8 Å². The molecule has 2 aliphatic rings. The Kier molecular flexibility index (Phi) is 4.05. The highest BCUT2D eigenvalue weighted by molar-refractivity contribution is 5.93. The van der Waals surface area contributed by atoms with Gasteiger partial charge in [0.15, 0.2) is 5.65 Å². The monoisotopic (exact) mass is 378 g/mol. The fourth-order valence-corrected chi connectivity index (χ4v) is 4.54. The third-order valence-corrected chi connectivity index (χ3v) is 5.92. The third-order valence-electron chi connectivity index (χ3n) is 5.92. The maximum absolute atomic E-state index is 13.1. The first-order valence-electron chi connectivity index (χ1n) is 9.60. The topological polar surface area (TPSA) is 69.0 Å². The molecule has 7 heteroatoms. The number of ether oxygens (including phenoxy) is 2. The van der Waals surface area contributed by atoms with Crippen LogP contribution in [0.3, 0.4) is 0 Å². The zero-order chi connectivity index (χ0) is 19.1. The number of aromatic nitrogens is 3. The molecule has 2 aromatic heterocycles. The number of piperidine rings is 1. The summed E-state index contributed by atoms with van der Waals surface area (Å²) in [5, 5.41) is 4.19. The van der Waals surface area contributed by atoms with Gasteiger partial charge in [-0.05, 0) is 43.0 Å². The number of fused-ring (bicyclic) bond motifs is 3. The predicted octanol–water partition coefficient (Wildman–Crippen LogP) is 2.44. The van der Waals surface area contributed by atoms with Crippen LogP contribution in [0.5, 0.6) is 5.75 Å². The summed E-state index contributed by atoms with van der Waals surface area (Å²) in [5.41, 5.74) is 3.28. The summed E-state index contributed by atoms with van der Waals surface area (Å²) in [4.78, 5) is 19.2. The Hall–Kier alpha value is -2.93. The highest BCUT2D eigenvalue weighted by Gasteiger charge is 2.43. The van der Waals surface area contributed by atoms with E-state index < -0.39 is 0 Å². The second-order valence-electron chi connectivity index (χ2n) is 7.32. The summed E-state index contributed by atoms with van der Waals surface area (Å²) in [7, 11) is 1.70. The summed E-state index contributed by atoms with van der Waals surface area (Å²) in [6, 6.07) is 11.7. The average molecular weight is 378 g/mol. The SMILES string of the molecule is COc1cccc2c1C1(CCN(C(=O)c3cccc4ncnn34)CC1)OCC2. The molecule has 144 valence electrons. The number of amides is 1. The van der Waals surface area contributed by atoms with Crippen molar-refractivity contribution >= 4 is 11.6 Å². The van der Waals surface area contributed by atoms with Crippen LogP contribution in [0, 0.1) is 0 Å². The van der Waals surface area contributed by atoms with Crippen molar-refractivity contribution in [2.45, 2.75) is 24.9 Å². The lowest BCUT2D eigenvalue weighted by molar-refractivity contribution is -0.0947. The fourth-order valence-electron chi connectivity index (χ4n) is 4.54. The fraction of sp³-hybridized carbons (Fsp3) is 0.381. The number of rotatable bonds is 2. The van der Waals surface area contributed by atoms with E-state index in [1.165, 1.54) is 11.9 Å². The van der Waals surface area contributed by atoms with Crippen molar-refractivity contribution < 1.29 is 14.3 Å². The molecule has 0 N–H and O–H groups in total. The highest BCUT2D eigenvalue weighted by Crippen LogP contribution is 2.45. The molecule has 1 amide bonds. The molecule has 0 saturated carbocycles. The van der Waals surface area contributed by atoms with Crippen molar-refractivity contribution in [3.8, 4) is 5.75 Å². The number of benzene rings is 1. The van der Waals surface area contributed by atoms with Crippen LogP contribution in [0.2, 0.25) is 0 Å². The molecule has 1 aromatic carbocycles. The molecule has 0 radical (unpaired) electrons. The van der Waals surface area contributed by atoms with Gasteiger partial charge < -0.3 is 14.4 Å². The van der Waals surface area contributed by atoms with Crippen LogP contribution in [0.25, 0.3) is 5.65 Å². The zero-order valence-corrected chi connectivity index (χ0v) is 15.8. The number of hydrogen-bond acceptors (Lipinski definition) is 5. The van der Waals surface area contributed by atoms with E-state index >= 15 is 0 Å². The molecule has 0 bridgehead atoms. The molecule has 4 heterocycles. The van der Waals surface area contributed by atoms with Crippen LogP contribution in [-0.4, -0.2) is 52.2 Å². The minimum atomic E-state index is -0.379. The molecule has 3 aromatic rings. The maximum atomic E-state index is 13.1. The molecule has 0 atom stereocenters. The Labute approximate surface area is 162 Å². The molecule has 1 saturated heterocycles. The number of carbonyl (C=O) groups excluding carboxylic acids is 1. The minimum absolute atomic E-state index is 0.0259. The second kappa shape index (κ2) is 6.60. The van der Waals surface area contributed by atoms with Gasteiger partial charge in [-0.1, -0.05) is 18.2 Å². The van der Waals surface area contributed by atoms with Gasteiger partial charge in [0.25, 0.3) is 5.91 Å². The van der Waals surface area contributed by atoms with E-state index in [4.69, 9.17) is 9.47 Å². The van der Waals surface area contributed by atoms with E-state index in [9.17, 15) is 4.79 Å². The molecule has 7 nitrogen and oxygen atoms in total. The van der Waals surface area contributed by atoms with E-state index in [0.29, 0.717) is 31.0 Å². The van der Waals surface area contributed by atoms with Gasteiger partial charge in [-0.2, -0.15) is 5.10 Å². The largest absolute Gasteiger partial charge is 0.496 e. The van der Waals surface area contributed by atoms with E-state index in [-0.39, 0.29) is 11.5 Å². The van der Waals surface area contributed by atoms with Crippen LogP contribution in [0.4, 0.5) is 0 Å². The summed E-state index contributed by atoms with van der Waals surface area (Å²) in [5.74, 6) is 0.853. The molecule has 2 aliphatic heterocycles. The van der Waals surface area contributed by atoms with Gasteiger partial charge in [0.1, 0.15) is 23.4 Å². The number of carbonyl (C=O) groups is 1. The first-order chi connectivity index (χ1) is 13.7. The highest BCUT2D eigenvalue weighted by atomic mass is 16.5. The average Bonchev–Trinajstić information content (AvgIpc) is 3.22. The molecule has 0 unspecified atom stereocenters. The van der Waals surface area contributed by atoms with Gasteiger partial charge in [-0.15, -0.1) is 0 Å². The summed E-state index contributed by atoms with van der Waals surface area (Å²) in [6.07, 6.45) is 3.86. The molecular formula is C21H22N4O3. The first kappa shape index (κ1) is 17.2. The lowest BCUT2D eigenvalue weighted by atomic mass is 9.78. The smallest absolute Gasteiger partial charge is 0.272 e. The van der Waals surface area contributed by atoms with Crippen LogP contribution < -0.4 is 4.74 Å². The lowest BCUT2D eigenvalue weighted by Gasteiger charge is -2.45. The van der Waals surface area contributed by atoms with Crippen LogP contribution in [-0.2, 0) is 16.8 Å². The Morgan fingerprint density at radius 1 is 1.18 bits per heavy atom. The minimum Gasteiger partial charge on any atom is -0.496 e. The van der Waals surface area contributed by atoms with E-state index in [0.717, 1.165) is 30.6 Å². The maximum Gasteiger partial charge on any atom is 0.272 e.